The Bertz CT molecular complexity index is 1060. The van der Waals surface area contributed by atoms with E-state index in [0.29, 0.717) is 25.9 Å². The summed E-state index contributed by atoms with van der Waals surface area (Å²) >= 11 is 7.03. The maximum Gasteiger partial charge on any atom is 0.410 e. The average Bonchev–Trinajstić information content (AvgIpc) is 2.76. The maximum absolute atomic E-state index is 14.2. The highest BCUT2D eigenvalue weighted by Crippen LogP contribution is 2.40. The Kier molecular flexibility index (Phi) is 8.69. The first-order valence-electron chi connectivity index (χ1n) is 11.8. The second-order valence-corrected chi connectivity index (χ2v) is 12.1. The van der Waals surface area contributed by atoms with Crippen LogP contribution in [0.4, 0.5) is 9.18 Å². The van der Waals surface area contributed by atoms with Crippen LogP contribution in [-0.4, -0.2) is 47.5 Å². The highest BCUT2D eigenvalue weighted by Gasteiger charge is 2.41. The van der Waals surface area contributed by atoms with Crippen LogP contribution >= 0.6 is 31.9 Å². The van der Waals surface area contributed by atoms with Crippen LogP contribution in [0.15, 0.2) is 51.4 Å². The minimum Gasteiger partial charge on any atom is -0.444 e. The molecule has 8 heteroatoms. The van der Waals surface area contributed by atoms with E-state index < -0.39 is 11.0 Å². The Morgan fingerprint density at radius 3 is 2.26 bits per heavy atom. The third-order valence-corrected chi connectivity index (χ3v) is 7.56. The molecular formula is C27H33Br2FN2O3. The molecule has 1 aliphatic heterocycles. The van der Waals surface area contributed by atoms with Crippen molar-refractivity contribution in [1.29, 1.82) is 0 Å². The molecule has 1 fully saturated rings. The van der Waals surface area contributed by atoms with Crippen molar-refractivity contribution in [2.45, 2.75) is 64.0 Å². The number of ether oxygens (including phenoxy) is 1. The van der Waals surface area contributed by atoms with E-state index in [1.807, 2.05) is 52.0 Å². The van der Waals surface area contributed by atoms with Gasteiger partial charge in [0, 0.05) is 40.9 Å². The molecule has 3 rings (SSSR count). The summed E-state index contributed by atoms with van der Waals surface area (Å²) in [5.41, 5.74) is 0.649. The highest BCUT2D eigenvalue weighted by molar-refractivity contribution is 9.11. The number of benzene rings is 2. The molecular weight excluding hydrogens is 579 g/mol. The SMILES string of the molecule is CC(c1cc(Br)cc(Br)c1)N(C)C(=O)CC1(c2cccc(F)c2)CCN(C(=O)OC(C)(C)C)CC1. The van der Waals surface area contributed by atoms with E-state index in [0.717, 1.165) is 20.1 Å². The van der Waals surface area contributed by atoms with Gasteiger partial charge in [-0.1, -0.05) is 44.0 Å². The van der Waals surface area contributed by atoms with Crippen LogP contribution in [0.3, 0.4) is 0 Å². The molecule has 0 aromatic heterocycles. The summed E-state index contributed by atoms with van der Waals surface area (Å²) in [7, 11) is 1.80. The Balaban J connectivity index is 1.82. The van der Waals surface area contributed by atoms with Gasteiger partial charge in [0.05, 0.1) is 6.04 Å². The van der Waals surface area contributed by atoms with Crippen LogP contribution in [0.1, 0.15) is 64.1 Å². The fourth-order valence-electron chi connectivity index (χ4n) is 4.50. The number of carbonyl (C=O) groups excluding carboxylic acids is 2. The van der Waals surface area contributed by atoms with Gasteiger partial charge in [0.15, 0.2) is 0 Å². The first-order valence-corrected chi connectivity index (χ1v) is 13.3. The molecule has 5 nitrogen and oxygen atoms in total. The smallest absolute Gasteiger partial charge is 0.410 e. The summed E-state index contributed by atoms with van der Waals surface area (Å²) in [6, 6.07) is 12.3. The van der Waals surface area contributed by atoms with E-state index in [1.54, 1.807) is 22.9 Å². The van der Waals surface area contributed by atoms with Crippen LogP contribution in [0.5, 0.6) is 0 Å². The molecule has 190 valence electrons. The Labute approximate surface area is 224 Å². The predicted molar refractivity (Wildman–Crippen MR) is 143 cm³/mol. The lowest BCUT2D eigenvalue weighted by atomic mass is 9.70. The lowest BCUT2D eigenvalue weighted by molar-refractivity contribution is -0.133. The Morgan fingerprint density at radius 2 is 1.71 bits per heavy atom. The molecule has 0 radical (unpaired) electrons. The predicted octanol–water partition coefficient (Wildman–Crippen LogP) is 7.23. The number of piperidine rings is 1. The number of rotatable bonds is 5. The number of likely N-dealkylation sites (tertiary alicyclic amines) is 1. The van der Waals surface area contributed by atoms with Crippen molar-refractivity contribution in [3.63, 3.8) is 0 Å². The second-order valence-electron chi connectivity index (χ2n) is 10.3. The second kappa shape index (κ2) is 11.0. The van der Waals surface area contributed by atoms with Crippen LogP contribution in [0, 0.1) is 5.82 Å². The number of amides is 2. The molecule has 35 heavy (non-hydrogen) atoms. The first-order chi connectivity index (χ1) is 16.3. The summed E-state index contributed by atoms with van der Waals surface area (Å²) in [6.45, 7) is 8.39. The van der Waals surface area contributed by atoms with Crippen LogP contribution in [-0.2, 0) is 14.9 Å². The molecule has 1 saturated heterocycles. The van der Waals surface area contributed by atoms with Crippen molar-refractivity contribution in [1.82, 2.24) is 9.80 Å². The zero-order valence-corrected chi connectivity index (χ0v) is 24.1. The van der Waals surface area contributed by atoms with Crippen LogP contribution < -0.4 is 0 Å². The van der Waals surface area contributed by atoms with Gasteiger partial charge in [-0.25, -0.2) is 9.18 Å². The quantitative estimate of drug-likeness (QED) is 0.358. The molecule has 1 heterocycles. The van der Waals surface area contributed by atoms with Gasteiger partial charge in [-0.2, -0.15) is 0 Å². The van der Waals surface area contributed by atoms with Crippen molar-refractivity contribution < 1.29 is 18.7 Å². The van der Waals surface area contributed by atoms with Gasteiger partial charge in [0.2, 0.25) is 5.91 Å². The summed E-state index contributed by atoms with van der Waals surface area (Å²) < 4.78 is 21.6. The van der Waals surface area contributed by atoms with Crippen LogP contribution in [0.25, 0.3) is 0 Å². The minimum absolute atomic E-state index is 0.0245. The number of hydrogen-bond acceptors (Lipinski definition) is 3. The third kappa shape index (κ3) is 7.06. The molecule has 0 aliphatic carbocycles. The maximum atomic E-state index is 14.2. The molecule has 1 atom stereocenters. The lowest BCUT2D eigenvalue weighted by Crippen LogP contribution is -2.48. The summed E-state index contributed by atoms with van der Waals surface area (Å²) in [5.74, 6) is -0.354. The zero-order chi connectivity index (χ0) is 26.0. The summed E-state index contributed by atoms with van der Waals surface area (Å²) in [5, 5.41) is 0. The first kappa shape index (κ1) is 27.7. The number of hydrogen-bond donors (Lipinski definition) is 0. The molecule has 2 aromatic carbocycles. The van der Waals surface area contributed by atoms with E-state index in [2.05, 4.69) is 31.9 Å². The normalized spacial score (nSPS) is 16.5. The number of carbonyl (C=O) groups is 2. The average molecular weight is 612 g/mol. The standard InChI is InChI=1S/C27H33Br2FN2O3/c1-18(19-13-21(28)16-22(29)14-19)31(5)24(33)17-27(20-7-6-8-23(30)15-20)9-11-32(12-10-27)25(34)35-26(2,3)4/h6-8,13-16,18H,9-12,17H2,1-5H3. The molecule has 2 aromatic rings. The topological polar surface area (TPSA) is 49.9 Å². The molecule has 0 N–H and O–H groups in total. The molecule has 0 spiro atoms. The van der Waals surface area contributed by atoms with Gasteiger partial charge < -0.3 is 14.5 Å². The highest BCUT2D eigenvalue weighted by atomic mass is 79.9. The minimum atomic E-state index is -0.579. The lowest BCUT2D eigenvalue weighted by Gasteiger charge is -2.43. The van der Waals surface area contributed by atoms with Gasteiger partial charge in [0.1, 0.15) is 11.4 Å². The van der Waals surface area contributed by atoms with E-state index in [-0.39, 0.29) is 30.3 Å². The van der Waals surface area contributed by atoms with Gasteiger partial charge >= 0.3 is 6.09 Å². The fourth-order valence-corrected chi connectivity index (χ4v) is 5.83. The molecule has 0 bridgehead atoms. The molecule has 1 aliphatic rings. The molecule has 1 unspecified atom stereocenters. The Morgan fingerprint density at radius 1 is 1.11 bits per heavy atom. The van der Waals surface area contributed by atoms with E-state index >= 15 is 0 Å². The van der Waals surface area contributed by atoms with Crippen molar-refractivity contribution in [3.05, 3.63) is 68.4 Å². The van der Waals surface area contributed by atoms with Gasteiger partial charge in [0.25, 0.3) is 0 Å². The summed E-state index contributed by atoms with van der Waals surface area (Å²) in [6.07, 6.45) is 0.968. The number of halogens is 3. The van der Waals surface area contributed by atoms with Crippen molar-refractivity contribution >= 4 is 43.9 Å². The van der Waals surface area contributed by atoms with Gasteiger partial charge in [-0.3, -0.25) is 4.79 Å². The van der Waals surface area contributed by atoms with E-state index in [9.17, 15) is 14.0 Å². The van der Waals surface area contributed by atoms with Crippen molar-refractivity contribution in [3.8, 4) is 0 Å². The van der Waals surface area contributed by atoms with Gasteiger partial charge in [-0.05, 0) is 82.0 Å². The van der Waals surface area contributed by atoms with Crippen molar-refractivity contribution in [2.75, 3.05) is 20.1 Å². The van der Waals surface area contributed by atoms with E-state index in [4.69, 9.17) is 4.74 Å². The van der Waals surface area contributed by atoms with E-state index in [1.165, 1.54) is 12.1 Å². The Hall–Kier alpha value is -1.93. The molecule has 2 amide bonds. The fraction of sp³-hybridized carbons (Fsp3) is 0.481. The van der Waals surface area contributed by atoms with Crippen molar-refractivity contribution in [2.24, 2.45) is 0 Å². The monoisotopic (exact) mass is 610 g/mol. The summed E-state index contributed by atoms with van der Waals surface area (Å²) in [4.78, 5) is 29.6. The largest absolute Gasteiger partial charge is 0.444 e. The molecule has 0 saturated carbocycles. The van der Waals surface area contributed by atoms with Crippen LogP contribution in [0.2, 0.25) is 0 Å². The zero-order valence-electron chi connectivity index (χ0n) is 20.9. The number of nitrogens with zero attached hydrogens (tertiary/aromatic N) is 2. The van der Waals surface area contributed by atoms with Gasteiger partial charge in [-0.15, -0.1) is 0 Å². The third-order valence-electron chi connectivity index (χ3n) is 6.64.